The molecule has 2 saturated carbocycles. The van der Waals surface area contributed by atoms with Crippen LogP contribution in [0.3, 0.4) is 0 Å². The third-order valence-corrected chi connectivity index (χ3v) is 6.96. The molecule has 2 N–H and O–H groups in total. The average Bonchev–Trinajstić information content (AvgIpc) is 3.06. The highest BCUT2D eigenvalue weighted by molar-refractivity contribution is 5.42. The van der Waals surface area contributed by atoms with E-state index in [9.17, 15) is 5.26 Å². The van der Waals surface area contributed by atoms with Crippen LogP contribution in [0.1, 0.15) is 51.4 Å². The number of fused-ring (bicyclic) bond motifs is 6. The van der Waals surface area contributed by atoms with Gasteiger partial charge in [-0.1, -0.05) is 25.7 Å². The third kappa shape index (κ3) is 1.85. The Labute approximate surface area is 138 Å². The van der Waals surface area contributed by atoms with Crippen molar-refractivity contribution >= 4 is 0 Å². The molecule has 5 heteroatoms. The summed E-state index contributed by atoms with van der Waals surface area (Å²) in [7, 11) is 2.21. The molecule has 0 aromatic rings. The summed E-state index contributed by atoms with van der Waals surface area (Å²) in [6, 6.07) is 5.07. The molecule has 124 valence electrons. The molecule has 2 aliphatic carbocycles. The van der Waals surface area contributed by atoms with Crippen molar-refractivity contribution in [2.75, 3.05) is 7.05 Å². The van der Waals surface area contributed by atoms with Crippen molar-refractivity contribution in [2.24, 2.45) is 0 Å². The van der Waals surface area contributed by atoms with Gasteiger partial charge in [0.2, 0.25) is 0 Å². The summed E-state index contributed by atoms with van der Waals surface area (Å²) >= 11 is 0. The standard InChI is InChI=1S/C18H27N5/c1-22-14-8-4-5-9-15(14)23-17-16(11(10-19)18(22)23)20-12-6-2-3-7-13(12)21-17/h12-17,20-21H,2-9H2,1H3. The zero-order chi connectivity index (χ0) is 15.6. The Morgan fingerprint density at radius 1 is 0.957 bits per heavy atom. The van der Waals surface area contributed by atoms with Gasteiger partial charge in [0.05, 0.1) is 23.7 Å². The molecule has 4 fully saturated rings. The van der Waals surface area contributed by atoms with Gasteiger partial charge < -0.3 is 15.1 Å². The van der Waals surface area contributed by atoms with E-state index in [1.165, 1.54) is 57.2 Å². The Morgan fingerprint density at radius 3 is 2.35 bits per heavy atom. The van der Waals surface area contributed by atoms with Gasteiger partial charge in [-0.15, -0.1) is 0 Å². The maximum atomic E-state index is 9.87. The number of nitrogens with one attached hydrogen (secondary N) is 2. The summed E-state index contributed by atoms with van der Waals surface area (Å²) in [5, 5.41) is 17.7. The fraction of sp³-hybridized carbons (Fsp3) is 0.833. The zero-order valence-electron chi connectivity index (χ0n) is 14.0. The molecular weight excluding hydrogens is 286 g/mol. The maximum absolute atomic E-state index is 9.87. The lowest BCUT2D eigenvalue weighted by molar-refractivity contribution is 0.0834. The van der Waals surface area contributed by atoms with E-state index >= 15 is 0 Å². The first-order chi connectivity index (χ1) is 11.3. The van der Waals surface area contributed by atoms with Crippen LogP contribution in [0.2, 0.25) is 0 Å². The van der Waals surface area contributed by atoms with E-state index in [1.807, 2.05) is 0 Å². The smallest absolute Gasteiger partial charge is 0.121 e. The largest absolute Gasteiger partial charge is 0.355 e. The minimum Gasteiger partial charge on any atom is -0.355 e. The molecule has 3 heterocycles. The molecule has 0 spiro atoms. The van der Waals surface area contributed by atoms with Crippen LogP contribution in [-0.2, 0) is 0 Å². The lowest BCUT2D eigenvalue weighted by Gasteiger charge is -2.47. The van der Waals surface area contributed by atoms with E-state index in [0.717, 1.165) is 5.57 Å². The van der Waals surface area contributed by atoms with Crippen LogP contribution < -0.4 is 10.6 Å². The Hall–Kier alpha value is -1.25. The number of nitriles is 1. The molecule has 3 aliphatic heterocycles. The van der Waals surface area contributed by atoms with Gasteiger partial charge in [0.1, 0.15) is 18.1 Å². The second-order valence-corrected chi connectivity index (χ2v) is 8.04. The average molecular weight is 313 g/mol. The molecule has 23 heavy (non-hydrogen) atoms. The number of likely N-dealkylation sites (N-methyl/N-ethyl adjacent to an activating group) is 1. The molecule has 0 aromatic carbocycles. The van der Waals surface area contributed by atoms with Crippen LogP contribution >= 0.6 is 0 Å². The normalized spacial score (nSPS) is 45.2. The molecule has 6 atom stereocenters. The van der Waals surface area contributed by atoms with E-state index in [-0.39, 0.29) is 12.2 Å². The van der Waals surface area contributed by atoms with E-state index in [0.29, 0.717) is 24.2 Å². The molecule has 5 aliphatic rings. The van der Waals surface area contributed by atoms with Crippen molar-refractivity contribution in [3.63, 3.8) is 0 Å². The molecule has 0 amide bonds. The summed E-state index contributed by atoms with van der Waals surface area (Å²) in [5.41, 5.74) is 0.975. The molecule has 2 saturated heterocycles. The van der Waals surface area contributed by atoms with Crippen molar-refractivity contribution in [2.45, 2.75) is 87.7 Å². The topological polar surface area (TPSA) is 54.3 Å². The molecule has 0 bridgehead atoms. The summed E-state index contributed by atoms with van der Waals surface area (Å²) < 4.78 is 0. The zero-order valence-corrected chi connectivity index (χ0v) is 14.0. The molecule has 6 unspecified atom stereocenters. The molecule has 0 aromatic heterocycles. The second kappa shape index (κ2) is 5.12. The van der Waals surface area contributed by atoms with Crippen LogP contribution in [0.25, 0.3) is 0 Å². The number of piperazine rings is 1. The monoisotopic (exact) mass is 313 g/mol. The van der Waals surface area contributed by atoms with Gasteiger partial charge in [0.25, 0.3) is 0 Å². The summed E-state index contributed by atoms with van der Waals surface area (Å²) in [4.78, 5) is 5.01. The second-order valence-electron chi connectivity index (χ2n) is 8.04. The Kier molecular flexibility index (Phi) is 3.15. The predicted molar refractivity (Wildman–Crippen MR) is 88.2 cm³/mol. The van der Waals surface area contributed by atoms with Crippen molar-refractivity contribution in [1.29, 1.82) is 5.26 Å². The van der Waals surface area contributed by atoms with Crippen molar-refractivity contribution in [3.8, 4) is 6.07 Å². The molecule has 5 nitrogen and oxygen atoms in total. The van der Waals surface area contributed by atoms with Crippen molar-refractivity contribution < 1.29 is 0 Å². The van der Waals surface area contributed by atoms with Crippen LogP contribution in [0, 0.1) is 11.3 Å². The van der Waals surface area contributed by atoms with E-state index < -0.39 is 0 Å². The number of rotatable bonds is 0. The summed E-state index contributed by atoms with van der Waals surface area (Å²) in [6.07, 6.45) is 10.7. The van der Waals surface area contributed by atoms with E-state index in [2.05, 4.69) is 33.6 Å². The lowest BCUT2D eigenvalue weighted by Crippen LogP contribution is -2.69. The highest BCUT2D eigenvalue weighted by atomic mass is 15.5. The minimum absolute atomic E-state index is 0.180. The van der Waals surface area contributed by atoms with Gasteiger partial charge in [-0.05, 0) is 25.7 Å². The van der Waals surface area contributed by atoms with Gasteiger partial charge in [-0.3, -0.25) is 5.32 Å². The first-order valence-electron chi connectivity index (χ1n) is 9.47. The maximum Gasteiger partial charge on any atom is 0.121 e. The summed E-state index contributed by atoms with van der Waals surface area (Å²) in [5.74, 6) is 1.22. The van der Waals surface area contributed by atoms with Crippen LogP contribution in [0.5, 0.6) is 0 Å². The van der Waals surface area contributed by atoms with Gasteiger partial charge in [0, 0.05) is 19.1 Å². The molecule has 5 rings (SSSR count). The van der Waals surface area contributed by atoms with Gasteiger partial charge in [-0.2, -0.15) is 5.26 Å². The van der Waals surface area contributed by atoms with Crippen LogP contribution in [0.15, 0.2) is 11.4 Å². The predicted octanol–water partition coefficient (Wildman–Crippen LogP) is 1.49. The van der Waals surface area contributed by atoms with Crippen molar-refractivity contribution in [3.05, 3.63) is 11.4 Å². The van der Waals surface area contributed by atoms with Gasteiger partial charge in [-0.25, -0.2) is 0 Å². The van der Waals surface area contributed by atoms with Crippen molar-refractivity contribution in [1.82, 2.24) is 20.4 Å². The Bertz CT molecular complexity index is 578. The van der Waals surface area contributed by atoms with Crippen LogP contribution in [-0.4, -0.2) is 53.2 Å². The highest BCUT2D eigenvalue weighted by Crippen LogP contribution is 2.46. The number of hydrogen-bond acceptors (Lipinski definition) is 5. The Morgan fingerprint density at radius 2 is 1.61 bits per heavy atom. The fourth-order valence-electron chi connectivity index (χ4n) is 5.94. The first-order valence-corrected chi connectivity index (χ1v) is 9.47. The van der Waals surface area contributed by atoms with Gasteiger partial charge in [0.15, 0.2) is 0 Å². The lowest BCUT2D eigenvalue weighted by atomic mass is 9.85. The SMILES string of the molecule is CN1C2=C(C#N)C3NC4CCCCC4NC3N2C2CCCCC21. The number of nitrogens with zero attached hydrogens (tertiary/aromatic N) is 3. The third-order valence-electron chi connectivity index (χ3n) is 6.96. The van der Waals surface area contributed by atoms with Crippen LogP contribution in [0.4, 0.5) is 0 Å². The fourth-order valence-corrected chi connectivity index (χ4v) is 5.94. The quantitative estimate of drug-likeness (QED) is 0.710. The van der Waals surface area contributed by atoms with Gasteiger partial charge >= 0.3 is 0 Å². The first kappa shape index (κ1) is 14.1. The Balaban J connectivity index is 1.53. The summed E-state index contributed by atoms with van der Waals surface area (Å²) in [6.45, 7) is 0. The van der Waals surface area contributed by atoms with E-state index in [1.54, 1.807) is 0 Å². The van der Waals surface area contributed by atoms with E-state index in [4.69, 9.17) is 0 Å². The number of hydrogen-bond donors (Lipinski definition) is 2. The highest BCUT2D eigenvalue weighted by Gasteiger charge is 2.56. The minimum atomic E-state index is 0.180. The molecule has 0 radical (unpaired) electrons. The molecular formula is C18H27N5.